The van der Waals surface area contributed by atoms with Crippen molar-refractivity contribution in [2.75, 3.05) is 0 Å². The van der Waals surface area contributed by atoms with Crippen LogP contribution in [0.15, 0.2) is 42.5 Å². The first-order valence-corrected chi connectivity index (χ1v) is 7.40. The van der Waals surface area contributed by atoms with E-state index in [1.54, 1.807) is 0 Å². The molecule has 1 atom stereocenters. The summed E-state index contributed by atoms with van der Waals surface area (Å²) < 4.78 is 0. The van der Waals surface area contributed by atoms with E-state index in [2.05, 4.69) is 12.1 Å². The SMILES string of the molecule is Cc1ccc(CC2CCc3ccccc3C2=O)c(Cl)c1. The number of benzene rings is 2. The lowest BCUT2D eigenvalue weighted by molar-refractivity contribution is 0.0901. The molecule has 20 heavy (non-hydrogen) atoms. The van der Waals surface area contributed by atoms with Gasteiger partial charge in [-0.3, -0.25) is 4.79 Å². The van der Waals surface area contributed by atoms with Crippen LogP contribution < -0.4 is 0 Å². The molecule has 0 aromatic heterocycles. The van der Waals surface area contributed by atoms with E-state index in [1.165, 1.54) is 5.56 Å². The Kier molecular flexibility index (Phi) is 3.62. The van der Waals surface area contributed by atoms with Gasteiger partial charge < -0.3 is 0 Å². The first-order valence-electron chi connectivity index (χ1n) is 7.02. The molecule has 0 heterocycles. The first-order chi connectivity index (χ1) is 9.65. The van der Waals surface area contributed by atoms with Crippen molar-refractivity contribution < 1.29 is 4.79 Å². The molecule has 0 bridgehead atoms. The van der Waals surface area contributed by atoms with E-state index in [0.29, 0.717) is 0 Å². The zero-order valence-electron chi connectivity index (χ0n) is 11.5. The fraction of sp³-hybridized carbons (Fsp3) is 0.278. The Morgan fingerprint density at radius 2 is 2.00 bits per heavy atom. The van der Waals surface area contributed by atoms with Crippen LogP contribution in [-0.2, 0) is 12.8 Å². The van der Waals surface area contributed by atoms with Gasteiger partial charge in [-0.1, -0.05) is 48.0 Å². The average Bonchev–Trinajstić information content (AvgIpc) is 2.45. The van der Waals surface area contributed by atoms with Gasteiger partial charge in [-0.25, -0.2) is 0 Å². The maximum absolute atomic E-state index is 12.6. The predicted molar refractivity (Wildman–Crippen MR) is 82.5 cm³/mol. The number of hydrogen-bond donors (Lipinski definition) is 0. The van der Waals surface area contributed by atoms with Gasteiger partial charge in [0.2, 0.25) is 0 Å². The molecule has 0 aliphatic heterocycles. The molecule has 0 spiro atoms. The van der Waals surface area contributed by atoms with Gasteiger partial charge in [0.05, 0.1) is 0 Å². The molecule has 2 aromatic rings. The molecular weight excluding hydrogens is 268 g/mol. The Bertz CT molecular complexity index is 660. The fourth-order valence-corrected chi connectivity index (χ4v) is 3.25. The van der Waals surface area contributed by atoms with Crippen LogP contribution in [0.4, 0.5) is 0 Å². The third-order valence-corrected chi connectivity index (χ3v) is 4.44. The lowest BCUT2D eigenvalue weighted by Crippen LogP contribution is -2.24. The normalized spacial score (nSPS) is 17.9. The Morgan fingerprint density at radius 1 is 1.20 bits per heavy atom. The number of ketones is 1. The average molecular weight is 285 g/mol. The largest absolute Gasteiger partial charge is 0.294 e. The molecule has 2 aromatic carbocycles. The number of aryl methyl sites for hydroxylation is 2. The standard InChI is InChI=1S/C18H17ClO/c1-12-6-7-14(17(19)10-12)11-15-9-8-13-4-2-3-5-16(13)18(15)20/h2-7,10,15H,8-9,11H2,1H3. The van der Waals surface area contributed by atoms with Crippen molar-refractivity contribution in [1.82, 2.24) is 0 Å². The Morgan fingerprint density at radius 3 is 2.80 bits per heavy atom. The molecule has 1 unspecified atom stereocenters. The van der Waals surface area contributed by atoms with Crippen molar-refractivity contribution in [3.8, 4) is 0 Å². The Labute approximate surface area is 124 Å². The number of halogens is 1. The summed E-state index contributed by atoms with van der Waals surface area (Å²) in [5, 5.41) is 0.775. The van der Waals surface area contributed by atoms with Gasteiger partial charge in [-0.05, 0) is 48.9 Å². The van der Waals surface area contributed by atoms with Gasteiger partial charge in [0.1, 0.15) is 0 Å². The predicted octanol–water partition coefficient (Wildman–Crippen LogP) is 4.64. The molecular formula is C18H17ClO. The zero-order valence-corrected chi connectivity index (χ0v) is 12.3. The highest BCUT2D eigenvalue weighted by Crippen LogP contribution is 2.30. The summed E-state index contributed by atoms with van der Waals surface area (Å²) in [5.41, 5.74) is 4.31. The van der Waals surface area contributed by atoms with Crippen molar-refractivity contribution in [3.05, 3.63) is 69.7 Å². The fourth-order valence-electron chi connectivity index (χ4n) is 2.94. The molecule has 2 heteroatoms. The number of carbonyl (C=O) groups is 1. The summed E-state index contributed by atoms with van der Waals surface area (Å²) in [7, 11) is 0. The maximum Gasteiger partial charge on any atom is 0.166 e. The summed E-state index contributed by atoms with van der Waals surface area (Å²) in [6.45, 7) is 2.03. The van der Waals surface area contributed by atoms with Crippen molar-refractivity contribution in [3.63, 3.8) is 0 Å². The van der Waals surface area contributed by atoms with Crippen LogP contribution in [0.3, 0.4) is 0 Å². The molecule has 0 saturated carbocycles. The summed E-state index contributed by atoms with van der Waals surface area (Å²) in [5.74, 6) is 0.327. The molecule has 0 radical (unpaired) electrons. The van der Waals surface area contributed by atoms with Crippen LogP contribution in [0.5, 0.6) is 0 Å². The molecule has 0 amide bonds. The molecule has 1 aliphatic rings. The molecule has 102 valence electrons. The highest BCUT2D eigenvalue weighted by atomic mass is 35.5. The highest BCUT2D eigenvalue weighted by Gasteiger charge is 2.27. The topological polar surface area (TPSA) is 17.1 Å². The minimum absolute atomic E-state index is 0.0603. The molecule has 3 rings (SSSR count). The minimum Gasteiger partial charge on any atom is -0.294 e. The van der Waals surface area contributed by atoms with Crippen LogP contribution in [0.25, 0.3) is 0 Å². The number of Topliss-reactive ketones (excluding diaryl/α,β-unsaturated/α-hetero) is 1. The van der Waals surface area contributed by atoms with Gasteiger partial charge >= 0.3 is 0 Å². The summed E-state index contributed by atoms with van der Waals surface area (Å²) in [6, 6.07) is 14.0. The van der Waals surface area contributed by atoms with Crippen molar-refractivity contribution in [2.45, 2.75) is 26.2 Å². The number of fused-ring (bicyclic) bond motifs is 1. The monoisotopic (exact) mass is 284 g/mol. The van der Waals surface area contributed by atoms with E-state index in [4.69, 9.17) is 11.6 Å². The van der Waals surface area contributed by atoms with Crippen LogP contribution in [-0.4, -0.2) is 5.78 Å². The summed E-state index contributed by atoms with van der Waals surface area (Å²) in [4.78, 5) is 12.6. The Balaban J connectivity index is 1.85. The molecule has 0 saturated heterocycles. The van der Waals surface area contributed by atoms with Crippen molar-refractivity contribution in [1.29, 1.82) is 0 Å². The second kappa shape index (κ2) is 5.41. The Hall–Kier alpha value is -1.60. The lowest BCUT2D eigenvalue weighted by atomic mass is 9.80. The van der Waals surface area contributed by atoms with E-state index >= 15 is 0 Å². The van der Waals surface area contributed by atoms with Crippen LogP contribution in [0, 0.1) is 12.8 Å². The molecule has 1 aliphatic carbocycles. The van der Waals surface area contributed by atoms with Crippen molar-refractivity contribution in [2.24, 2.45) is 5.92 Å². The highest BCUT2D eigenvalue weighted by molar-refractivity contribution is 6.31. The zero-order chi connectivity index (χ0) is 14.1. The van der Waals surface area contributed by atoms with Gasteiger partial charge in [-0.15, -0.1) is 0 Å². The van der Waals surface area contributed by atoms with Gasteiger partial charge in [0.25, 0.3) is 0 Å². The maximum atomic E-state index is 12.6. The smallest absolute Gasteiger partial charge is 0.166 e. The van der Waals surface area contributed by atoms with E-state index in [1.807, 2.05) is 37.3 Å². The summed E-state index contributed by atoms with van der Waals surface area (Å²) in [6.07, 6.45) is 2.64. The van der Waals surface area contributed by atoms with E-state index in [0.717, 1.165) is 41.0 Å². The van der Waals surface area contributed by atoms with Crippen LogP contribution in [0.2, 0.25) is 5.02 Å². The van der Waals surface area contributed by atoms with Crippen molar-refractivity contribution >= 4 is 17.4 Å². The molecule has 1 nitrogen and oxygen atoms in total. The lowest BCUT2D eigenvalue weighted by Gasteiger charge is -2.23. The van der Waals surface area contributed by atoms with Crippen LogP contribution in [0.1, 0.15) is 33.5 Å². The minimum atomic E-state index is 0.0603. The van der Waals surface area contributed by atoms with Gasteiger partial charge in [-0.2, -0.15) is 0 Å². The number of carbonyl (C=O) groups excluding carboxylic acids is 1. The second-order valence-corrected chi connectivity index (χ2v) is 5.96. The molecule has 0 N–H and O–H groups in total. The first kappa shape index (κ1) is 13.4. The van der Waals surface area contributed by atoms with E-state index in [9.17, 15) is 4.79 Å². The second-order valence-electron chi connectivity index (χ2n) is 5.56. The number of rotatable bonds is 2. The quantitative estimate of drug-likeness (QED) is 0.785. The van der Waals surface area contributed by atoms with Gasteiger partial charge in [0, 0.05) is 16.5 Å². The molecule has 0 fully saturated rings. The van der Waals surface area contributed by atoms with Gasteiger partial charge in [0.15, 0.2) is 5.78 Å². The van der Waals surface area contributed by atoms with E-state index < -0.39 is 0 Å². The number of hydrogen-bond acceptors (Lipinski definition) is 1. The third-order valence-electron chi connectivity index (χ3n) is 4.09. The third kappa shape index (κ3) is 2.51. The van der Waals surface area contributed by atoms with Crippen LogP contribution >= 0.6 is 11.6 Å². The summed E-state index contributed by atoms with van der Waals surface area (Å²) >= 11 is 6.29. The van der Waals surface area contributed by atoms with E-state index in [-0.39, 0.29) is 11.7 Å².